The van der Waals surface area contributed by atoms with Crippen molar-refractivity contribution in [3.05, 3.63) is 268 Å². The van der Waals surface area contributed by atoms with Gasteiger partial charge in [-0.3, -0.25) is 0 Å². The Kier molecular flexibility index (Phi) is 18.4. The van der Waals surface area contributed by atoms with Crippen LogP contribution in [0.1, 0.15) is 112 Å². The van der Waals surface area contributed by atoms with E-state index in [0.29, 0.717) is 45.0 Å². The van der Waals surface area contributed by atoms with Crippen molar-refractivity contribution in [2.75, 3.05) is 0 Å². The monoisotopic (exact) mass is 1660 g/mol. The minimum absolute atomic E-state index is 0.0787. The number of aryl methyl sites for hydroxylation is 12. The number of nitrogens with zero attached hydrogens (tertiary/aromatic N) is 4. The maximum absolute atomic E-state index is 16.9. The van der Waals surface area contributed by atoms with Crippen molar-refractivity contribution in [3.8, 4) is 66.8 Å². The van der Waals surface area contributed by atoms with E-state index in [1.54, 1.807) is 48.6 Å². The van der Waals surface area contributed by atoms with Crippen LogP contribution in [0.4, 0.5) is 43.9 Å². The number of benzene rings is 6. The van der Waals surface area contributed by atoms with Gasteiger partial charge in [0.25, 0.3) is 0 Å². The van der Waals surface area contributed by atoms with E-state index in [0.717, 1.165) is 123 Å². The Morgan fingerprint density at radius 3 is 0.519 bits per heavy atom. The second-order valence-electron chi connectivity index (χ2n) is 26.8. The first-order valence-corrected chi connectivity index (χ1v) is 40.1. The molecular formula is C86H60F10N4Se4. The molecule has 4 aliphatic rings. The van der Waals surface area contributed by atoms with Crippen LogP contribution >= 0.6 is 0 Å². The van der Waals surface area contributed by atoms with E-state index in [4.69, 9.17) is 19.9 Å². The van der Waals surface area contributed by atoms with Crippen LogP contribution in [0.3, 0.4) is 0 Å². The van der Waals surface area contributed by atoms with Crippen molar-refractivity contribution in [2.24, 2.45) is 0 Å². The molecule has 0 radical (unpaired) electrons. The summed E-state index contributed by atoms with van der Waals surface area (Å²) >= 11 is -1.83. The fraction of sp³-hybridized carbons (Fsp3) is 0.140. The maximum atomic E-state index is 16.9. The van der Waals surface area contributed by atoms with E-state index < -0.39 is 138 Å². The summed E-state index contributed by atoms with van der Waals surface area (Å²) in [4.78, 5) is 20.8. The van der Waals surface area contributed by atoms with Crippen molar-refractivity contribution in [1.29, 1.82) is 0 Å². The third-order valence-electron chi connectivity index (χ3n) is 19.1. The molecule has 0 N–H and O–H groups in total. The van der Waals surface area contributed by atoms with Gasteiger partial charge in [-0.1, -0.05) is 0 Å². The van der Waals surface area contributed by atoms with Gasteiger partial charge in [0.2, 0.25) is 0 Å². The molecule has 6 aromatic carbocycles. The van der Waals surface area contributed by atoms with Crippen LogP contribution in [-0.2, 0) is 0 Å². The van der Waals surface area contributed by atoms with Crippen LogP contribution in [0, 0.1) is 141 Å². The normalized spacial score (nSPS) is 12.4. The molecule has 0 unspecified atom stereocenters. The molecule has 0 amide bonds. The van der Waals surface area contributed by atoms with Gasteiger partial charge in [0, 0.05) is 0 Å². The zero-order valence-electron chi connectivity index (χ0n) is 58.1. The second kappa shape index (κ2) is 27.1. The van der Waals surface area contributed by atoms with Crippen molar-refractivity contribution in [3.63, 3.8) is 0 Å². The molecule has 9 heterocycles. The third kappa shape index (κ3) is 12.1. The fourth-order valence-corrected chi connectivity index (χ4v) is 25.3. The molecule has 11 aromatic rings. The van der Waals surface area contributed by atoms with Gasteiger partial charge in [-0.15, -0.1) is 0 Å². The molecule has 18 heteroatoms. The molecule has 518 valence electrons. The zero-order chi connectivity index (χ0) is 73.5. The molecule has 4 nitrogen and oxygen atoms in total. The van der Waals surface area contributed by atoms with E-state index in [2.05, 4.69) is 72.8 Å². The molecular weight excluding hydrogens is 1590 g/mol. The van der Waals surface area contributed by atoms with Gasteiger partial charge in [-0.25, -0.2) is 0 Å². The first kappa shape index (κ1) is 70.6. The van der Waals surface area contributed by atoms with Gasteiger partial charge in [-0.05, 0) is 0 Å². The molecule has 0 atom stereocenters. The summed E-state index contributed by atoms with van der Waals surface area (Å²) in [5, 5.41) is 0. The molecule has 0 fully saturated rings. The summed E-state index contributed by atoms with van der Waals surface area (Å²) in [5.74, 6) is -21.2. The van der Waals surface area contributed by atoms with E-state index >= 15 is 43.9 Å². The van der Waals surface area contributed by atoms with Crippen molar-refractivity contribution >= 4 is 141 Å². The summed E-state index contributed by atoms with van der Waals surface area (Å²) in [6.07, 6.45) is 13.0. The van der Waals surface area contributed by atoms with Crippen LogP contribution in [0.2, 0.25) is 0 Å². The average Bonchev–Trinajstić information content (AvgIpc) is 1.54. The third-order valence-corrected chi connectivity index (χ3v) is 30.0. The molecule has 15 rings (SSSR count). The Labute approximate surface area is 617 Å². The van der Waals surface area contributed by atoms with Gasteiger partial charge in [-0.2, -0.15) is 0 Å². The van der Waals surface area contributed by atoms with Gasteiger partial charge in [0.15, 0.2) is 0 Å². The predicted molar refractivity (Wildman–Crippen MR) is 408 cm³/mol. The summed E-state index contributed by atoms with van der Waals surface area (Å²) in [7, 11) is 0. The SMILES string of the molecule is Cc1cc(C)c(-c2c3nc(c(-c4c(F)c(F)c(F)c(F)c4F)c4nc(c(-c5c(C)cc(C)cc5C)c5ccc([se]5)c5ccc([se]5)c(-c5c(C)cc(C)cc5C)c5nc(c(-c6c(F)c(F)c(F)c(F)c6F)c6nc(c(-c7c(C)cc(C)cc7C)c7ccc([se]7)c7ccc2[se]7)C=C6)C=C5)C=C4)C=C3)c(C)c1. The molecule has 16 bridgehead atoms. The Morgan fingerprint density at radius 2 is 0.337 bits per heavy atom. The van der Waals surface area contributed by atoms with Gasteiger partial charge in [0.05, 0.1) is 0 Å². The summed E-state index contributed by atoms with van der Waals surface area (Å²) in [6.45, 7) is 23.9. The van der Waals surface area contributed by atoms with Gasteiger partial charge >= 0.3 is 622 Å². The molecule has 0 saturated carbocycles. The number of rotatable bonds is 6. The topological polar surface area (TPSA) is 51.6 Å². The summed E-state index contributed by atoms with van der Waals surface area (Å²) in [6, 6.07) is 32.8. The Balaban J connectivity index is 1.14. The zero-order valence-corrected chi connectivity index (χ0v) is 64.9. The molecule has 0 aliphatic carbocycles. The Hall–Kier alpha value is -9.04. The van der Waals surface area contributed by atoms with Crippen LogP contribution in [0.5, 0.6) is 0 Å². The second-order valence-corrected chi connectivity index (χ2v) is 35.8. The van der Waals surface area contributed by atoms with Crippen LogP contribution in [-0.4, -0.2) is 78.0 Å². The van der Waals surface area contributed by atoms with Crippen molar-refractivity contribution < 1.29 is 43.9 Å². The molecule has 0 spiro atoms. The van der Waals surface area contributed by atoms with Gasteiger partial charge in [0.1, 0.15) is 0 Å². The van der Waals surface area contributed by atoms with E-state index in [1.165, 1.54) is 0 Å². The van der Waals surface area contributed by atoms with E-state index in [1.807, 2.05) is 107 Å². The van der Waals surface area contributed by atoms with Crippen molar-refractivity contribution in [2.45, 2.75) is 83.1 Å². The summed E-state index contributed by atoms with van der Waals surface area (Å²) < 4.78 is 169. The number of aromatic nitrogens is 4. The van der Waals surface area contributed by atoms with Crippen LogP contribution in [0.25, 0.3) is 149 Å². The van der Waals surface area contributed by atoms with E-state index in [9.17, 15) is 0 Å². The minimum atomic E-state index is -2.30. The van der Waals surface area contributed by atoms with E-state index in [-0.39, 0.29) is 22.8 Å². The Bertz CT molecular complexity index is 5440. The fourth-order valence-electron chi connectivity index (χ4n) is 15.2. The quantitative estimate of drug-likeness (QED) is 0.0720. The molecule has 4 aliphatic heterocycles. The number of hydrogen-bond acceptors (Lipinski definition) is 4. The number of halogens is 10. The average molecular weight is 1660 g/mol. The van der Waals surface area contributed by atoms with Crippen molar-refractivity contribution in [1.82, 2.24) is 19.9 Å². The first-order chi connectivity index (χ1) is 49.6. The molecule has 0 saturated heterocycles. The predicted octanol–water partition coefficient (Wildman–Crippen LogP) is 22.8. The summed E-state index contributed by atoms with van der Waals surface area (Å²) in [5.41, 5.74) is 15.6. The molecule has 104 heavy (non-hydrogen) atoms. The van der Waals surface area contributed by atoms with Gasteiger partial charge < -0.3 is 0 Å². The Morgan fingerprint density at radius 1 is 0.183 bits per heavy atom. The number of fused-ring (bicyclic) bond motifs is 18. The standard InChI is InChI=1S/C86H60F10N4Se4/c1-37-29-41(5)65(42(6)30-37)71-53-17-13-49(97-53)69(75-77(87)81(91)85(95)82(92)78(75)88)50-14-18-54(98-50)73(67-45(9)33-39(3)34-46(67)10)63-27-23-59(103-63)60-24-28-64(104-60)74(68-47(11)35-40(4)36-48(68)12)56-20-16-52(100-56)70(76-79(89)83(93)86(96)84(94)80(76)90)51-15-19-55(99-51)72(66-43(7)31-38(2)32-44(66)8)62-26-22-58(102-62)57-21-25-61(71)101-57/h13-36H,1-12H3. The number of hydrogen-bond donors (Lipinski definition) is 0. The van der Waals surface area contributed by atoms with Crippen LogP contribution < -0.4 is 0 Å². The first-order valence-electron chi connectivity index (χ1n) is 33.2. The molecule has 5 aromatic heterocycles. The van der Waals surface area contributed by atoms with Crippen LogP contribution in [0.15, 0.2) is 97.1 Å².